The molecular weight excluding hydrogens is 276 g/mol. The molecule has 0 amide bonds. The molecule has 1 atom stereocenters. The van der Waals surface area contributed by atoms with E-state index in [1.165, 1.54) is 17.3 Å². The molecule has 0 spiro atoms. The van der Waals surface area contributed by atoms with Crippen molar-refractivity contribution in [2.24, 2.45) is 0 Å². The first-order chi connectivity index (χ1) is 10.1. The summed E-state index contributed by atoms with van der Waals surface area (Å²) in [6, 6.07) is 2.17. The van der Waals surface area contributed by atoms with E-state index in [4.69, 9.17) is 0 Å². The van der Waals surface area contributed by atoms with Crippen LogP contribution in [0.5, 0.6) is 0 Å². The van der Waals surface area contributed by atoms with Gasteiger partial charge in [-0.15, -0.1) is 0 Å². The fourth-order valence-corrected chi connectivity index (χ4v) is 2.89. The molecule has 0 aliphatic carbocycles. The predicted molar refractivity (Wildman–Crippen MR) is 76.2 cm³/mol. The lowest BCUT2D eigenvalue weighted by Crippen LogP contribution is -2.41. The zero-order valence-electron chi connectivity index (χ0n) is 11.9. The molecule has 0 unspecified atom stereocenters. The second-order valence-electron chi connectivity index (χ2n) is 5.62. The molecule has 1 fully saturated rings. The fourth-order valence-electron chi connectivity index (χ4n) is 2.89. The number of aromatic nitrogens is 2. The molecule has 2 heterocycles. The Morgan fingerprint density at radius 3 is 2.81 bits per heavy atom. The smallest absolute Gasteiger partial charge is 0.261 e. The molecule has 1 aromatic heterocycles. The van der Waals surface area contributed by atoms with E-state index in [1.54, 1.807) is 0 Å². The first kappa shape index (κ1) is 14.1. The second-order valence-corrected chi connectivity index (χ2v) is 5.62. The van der Waals surface area contributed by atoms with Gasteiger partial charge in [-0.2, -0.15) is 0 Å². The number of hydrogen-bond acceptors (Lipinski definition) is 3. The van der Waals surface area contributed by atoms with Crippen molar-refractivity contribution in [2.75, 3.05) is 13.6 Å². The van der Waals surface area contributed by atoms with Gasteiger partial charge in [0.1, 0.15) is 0 Å². The Labute approximate surface area is 121 Å². The van der Waals surface area contributed by atoms with Crippen molar-refractivity contribution in [1.82, 2.24) is 14.5 Å². The Hall–Kier alpha value is -1.82. The number of likely N-dealkylation sites (tertiary alicyclic amines) is 1. The number of fused-ring (bicyclic) bond motifs is 1. The molecule has 0 radical (unpaired) electrons. The average Bonchev–Trinajstić information content (AvgIpc) is 2.46. The lowest BCUT2D eigenvalue weighted by molar-refractivity contribution is 0.166. The maximum absolute atomic E-state index is 13.3. The summed E-state index contributed by atoms with van der Waals surface area (Å²) in [5, 5.41) is 0.120. The number of nitrogens with zero attached hydrogens (tertiary/aromatic N) is 3. The van der Waals surface area contributed by atoms with Gasteiger partial charge in [-0.1, -0.05) is 6.42 Å². The van der Waals surface area contributed by atoms with Gasteiger partial charge in [0, 0.05) is 18.7 Å². The number of benzene rings is 1. The lowest BCUT2D eigenvalue weighted by atomic mass is 10.0. The number of likely N-dealkylation sites (N-methyl/N-ethyl adjacent to an activating group) is 1. The first-order valence-electron chi connectivity index (χ1n) is 7.10. The molecule has 0 saturated carbocycles. The summed E-state index contributed by atoms with van der Waals surface area (Å²) in [5.41, 5.74) is -0.134. The Morgan fingerprint density at radius 1 is 1.29 bits per heavy atom. The molecule has 1 aliphatic heterocycles. The summed E-state index contributed by atoms with van der Waals surface area (Å²) >= 11 is 0. The minimum absolute atomic E-state index is 0.120. The van der Waals surface area contributed by atoms with Crippen LogP contribution in [0, 0.1) is 11.6 Å². The third-order valence-electron chi connectivity index (χ3n) is 4.20. The maximum Gasteiger partial charge on any atom is 0.261 e. The topological polar surface area (TPSA) is 38.1 Å². The van der Waals surface area contributed by atoms with Crippen molar-refractivity contribution < 1.29 is 8.78 Å². The summed E-state index contributed by atoms with van der Waals surface area (Å²) in [4.78, 5) is 18.7. The highest BCUT2D eigenvalue weighted by molar-refractivity contribution is 5.77. The molecule has 112 valence electrons. The molecule has 0 bridgehead atoms. The SMILES string of the molecule is CN1CCCC[C@@H]1Cn1cnc2cc(F)c(F)cc2c1=O. The Morgan fingerprint density at radius 2 is 2.05 bits per heavy atom. The Bertz CT molecular complexity index is 729. The van der Waals surface area contributed by atoms with Gasteiger partial charge in [0.25, 0.3) is 5.56 Å². The van der Waals surface area contributed by atoms with Gasteiger partial charge in [0.05, 0.1) is 17.2 Å². The molecule has 1 aliphatic rings. The van der Waals surface area contributed by atoms with Crippen LogP contribution >= 0.6 is 0 Å². The summed E-state index contributed by atoms with van der Waals surface area (Å²) in [6.45, 7) is 1.54. The number of piperidine rings is 1. The Balaban J connectivity index is 1.98. The maximum atomic E-state index is 13.3. The highest BCUT2D eigenvalue weighted by atomic mass is 19.2. The summed E-state index contributed by atoms with van der Waals surface area (Å²) in [5.74, 6) is -2.01. The van der Waals surface area contributed by atoms with Gasteiger partial charge >= 0.3 is 0 Å². The van der Waals surface area contributed by atoms with Gasteiger partial charge in [-0.05, 0) is 32.5 Å². The van der Waals surface area contributed by atoms with Crippen LogP contribution in [0.25, 0.3) is 10.9 Å². The molecule has 0 N–H and O–H groups in total. The van der Waals surface area contributed by atoms with Gasteiger partial charge < -0.3 is 4.90 Å². The zero-order chi connectivity index (χ0) is 15.0. The summed E-state index contributed by atoms with van der Waals surface area (Å²) < 4.78 is 28.0. The van der Waals surface area contributed by atoms with E-state index >= 15 is 0 Å². The van der Waals surface area contributed by atoms with Crippen molar-refractivity contribution in [1.29, 1.82) is 0 Å². The highest BCUT2D eigenvalue weighted by Gasteiger charge is 2.20. The third kappa shape index (κ3) is 2.68. The van der Waals surface area contributed by atoms with Gasteiger partial charge in [-0.25, -0.2) is 13.8 Å². The van der Waals surface area contributed by atoms with Gasteiger partial charge in [0.2, 0.25) is 0 Å². The van der Waals surface area contributed by atoms with Crippen LogP contribution < -0.4 is 5.56 Å². The predicted octanol–water partition coefficient (Wildman–Crippen LogP) is 2.16. The van der Waals surface area contributed by atoms with E-state index in [9.17, 15) is 13.6 Å². The van der Waals surface area contributed by atoms with Gasteiger partial charge in [0.15, 0.2) is 11.6 Å². The highest BCUT2D eigenvalue weighted by Crippen LogP contribution is 2.17. The standard InChI is InChI=1S/C15H17F2N3O/c1-19-5-3-2-4-10(19)8-20-9-18-14-7-13(17)12(16)6-11(14)15(20)21/h6-7,9-10H,2-5,8H2,1H3/t10-/m1/s1. The number of halogens is 2. The van der Waals surface area contributed by atoms with Crippen molar-refractivity contribution in [2.45, 2.75) is 31.8 Å². The average molecular weight is 293 g/mol. The molecule has 21 heavy (non-hydrogen) atoms. The Kier molecular flexibility index (Phi) is 3.71. The van der Waals surface area contributed by atoms with Crippen LogP contribution in [0.4, 0.5) is 8.78 Å². The molecule has 2 aromatic rings. The second kappa shape index (κ2) is 5.52. The van der Waals surface area contributed by atoms with E-state index in [0.29, 0.717) is 6.54 Å². The van der Waals surface area contributed by atoms with Crippen LogP contribution in [0.3, 0.4) is 0 Å². The first-order valence-corrected chi connectivity index (χ1v) is 7.10. The van der Waals surface area contributed by atoms with Crippen LogP contribution in [-0.4, -0.2) is 34.1 Å². The van der Waals surface area contributed by atoms with E-state index < -0.39 is 11.6 Å². The number of rotatable bonds is 2. The zero-order valence-corrected chi connectivity index (χ0v) is 11.9. The molecule has 1 aromatic carbocycles. The third-order valence-corrected chi connectivity index (χ3v) is 4.20. The number of hydrogen-bond donors (Lipinski definition) is 0. The van der Waals surface area contributed by atoms with Crippen LogP contribution in [0.1, 0.15) is 19.3 Å². The lowest BCUT2D eigenvalue weighted by Gasteiger charge is -2.32. The minimum atomic E-state index is -1.02. The molecule has 6 heteroatoms. The molecule has 1 saturated heterocycles. The monoisotopic (exact) mass is 293 g/mol. The molecule has 3 rings (SSSR count). The van der Waals surface area contributed by atoms with Gasteiger partial charge in [-0.3, -0.25) is 9.36 Å². The molecule has 4 nitrogen and oxygen atoms in total. The summed E-state index contributed by atoms with van der Waals surface area (Å²) in [7, 11) is 2.04. The van der Waals surface area contributed by atoms with Crippen molar-refractivity contribution in [3.63, 3.8) is 0 Å². The quantitative estimate of drug-likeness (QED) is 0.851. The molecular formula is C15H17F2N3O. The minimum Gasteiger partial charge on any atom is -0.302 e. The van der Waals surface area contributed by atoms with Crippen LogP contribution in [0.15, 0.2) is 23.3 Å². The summed E-state index contributed by atoms with van der Waals surface area (Å²) in [6.07, 6.45) is 4.76. The van der Waals surface area contributed by atoms with Crippen molar-refractivity contribution in [3.8, 4) is 0 Å². The van der Waals surface area contributed by atoms with Crippen LogP contribution in [-0.2, 0) is 6.54 Å². The normalized spacial score (nSPS) is 20.0. The van der Waals surface area contributed by atoms with Crippen molar-refractivity contribution in [3.05, 3.63) is 40.4 Å². The van der Waals surface area contributed by atoms with E-state index in [1.807, 2.05) is 7.05 Å². The largest absolute Gasteiger partial charge is 0.302 e. The fraction of sp³-hybridized carbons (Fsp3) is 0.467. The van der Waals surface area contributed by atoms with Crippen LogP contribution in [0.2, 0.25) is 0 Å². The van der Waals surface area contributed by atoms with E-state index in [0.717, 1.165) is 31.5 Å². The van der Waals surface area contributed by atoms with E-state index in [-0.39, 0.29) is 22.5 Å². The van der Waals surface area contributed by atoms with Crippen molar-refractivity contribution >= 4 is 10.9 Å². The van der Waals surface area contributed by atoms with E-state index in [2.05, 4.69) is 9.88 Å².